The Balaban J connectivity index is 1.22. The van der Waals surface area contributed by atoms with Gasteiger partial charge in [0, 0.05) is 42.7 Å². The van der Waals surface area contributed by atoms with E-state index in [0.717, 1.165) is 30.0 Å². The van der Waals surface area contributed by atoms with Crippen molar-refractivity contribution >= 4 is 23.2 Å². The second kappa shape index (κ2) is 8.49. The van der Waals surface area contributed by atoms with Crippen molar-refractivity contribution in [3.63, 3.8) is 0 Å². The van der Waals surface area contributed by atoms with E-state index in [1.807, 2.05) is 54.7 Å². The molecule has 2 aliphatic heterocycles. The van der Waals surface area contributed by atoms with Gasteiger partial charge in [-0.15, -0.1) is 0 Å². The molecule has 0 aliphatic carbocycles. The number of nitrogens with zero attached hydrogens (tertiary/aromatic N) is 3. The number of fused-ring (bicyclic) bond motifs is 2. The number of aryl methyl sites for hydroxylation is 1. The van der Waals surface area contributed by atoms with E-state index in [1.165, 1.54) is 18.5 Å². The zero-order valence-corrected chi connectivity index (χ0v) is 18.1. The topological polar surface area (TPSA) is 76.5 Å². The molecule has 2 aromatic carbocycles. The number of anilines is 2. The van der Waals surface area contributed by atoms with Crippen molar-refractivity contribution in [2.24, 2.45) is 0 Å². The Kier molecular flexibility index (Phi) is 5.39. The van der Waals surface area contributed by atoms with Crippen molar-refractivity contribution in [3.8, 4) is 17.1 Å². The first-order valence-electron chi connectivity index (χ1n) is 11.1. The lowest BCUT2D eigenvalue weighted by Crippen LogP contribution is -2.45. The van der Waals surface area contributed by atoms with Crippen LogP contribution in [0.2, 0.25) is 0 Å². The number of nitrogens with one attached hydrogen (secondary N) is 1. The molecule has 164 valence electrons. The summed E-state index contributed by atoms with van der Waals surface area (Å²) in [5.41, 5.74) is 3.76. The van der Waals surface area contributed by atoms with Gasteiger partial charge in [-0.3, -0.25) is 9.59 Å². The van der Waals surface area contributed by atoms with E-state index in [4.69, 9.17) is 4.74 Å². The molecule has 1 atom stereocenters. The Hall–Kier alpha value is -3.61. The first-order valence-corrected chi connectivity index (χ1v) is 11.1. The maximum atomic E-state index is 12.6. The molecule has 3 heterocycles. The van der Waals surface area contributed by atoms with Crippen molar-refractivity contribution < 1.29 is 14.3 Å². The number of aromatic nitrogens is 2. The van der Waals surface area contributed by atoms with E-state index < -0.39 is 6.10 Å². The van der Waals surface area contributed by atoms with Crippen LogP contribution in [0.15, 0.2) is 54.7 Å². The van der Waals surface area contributed by atoms with E-state index in [0.29, 0.717) is 18.0 Å². The van der Waals surface area contributed by atoms with Crippen LogP contribution in [0.5, 0.6) is 5.75 Å². The second-order valence-electron chi connectivity index (χ2n) is 8.28. The molecule has 2 amide bonds. The van der Waals surface area contributed by atoms with Crippen LogP contribution in [-0.2, 0) is 22.6 Å². The van der Waals surface area contributed by atoms with Gasteiger partial charge in [0.15, 0.2) is 6.10 Å². The van der Waals surface area contributed by atoms with Gasteiger partial charge >= 0.3 is 0 Å². The van der Waals surface area contributed by atoms with Crippen molar-refractivity contribution in [1.82, 2.24) is 9.55 Å². The van der Waals surface area contributed by atoms with Crippen molar-refractivity contribution in [1.29, 1.82) is 0 Å². The number of imidazole rings is 1. The minimum absolute atomic E-state index is 0.135. The van der Waals surface area contributed by atoms with E-state index in [9.17, 15) is 9.59 Å². The molecule has 2 aliphatic rings. The third kappa shape index (κ3) is 3.86. The summed E-state index contributed by atoms with van der Waals surface area (Å²) in [5.74, 6) is 1.37. The molecule has 7 nitrogen and oxygen atoms in total. The van der Waals surface area contributed by atoms with Gasteiger partial charge in [0.25, 0.3) is 5.91 Å². The average molecular weight is 431 g/mol. The van der Waals surface area contributed by atoms with Gasteiger partial charge < -0.3 is 19.5 Å². The fraction of sp³-hybridized carbons (Fsp3) is 0.320. The third-order valence-electron chi connectivity index (χ3n) is 6.07. The van der Waals surface area contributed by atoms with Crippen LogP contribution < -0.4 is 15.0 Å². The molecule has 0 spiro atoms. The number of carbonyl (C=O) groups is 2. The van der Waals surface area contributed by atoms with Gasteiger partial charge in [-0.2, -0.15) is 0 Å². The molecule has 1 unspecified atom stereocenters. The molecular formula is C25H26N4O3. The average Bonchev–Trinajstić information content (AvgIpc) is 3.24. The predicted octanol–water partition coefficient (Wildman–Crippen LogP) is 4.03. The number of carbonyl (C=O) groups excluding carboxylic acids is 2. The smallest absolute Gasteiger partial charge is 0.267 e. The van der Waals surface area contributed by atoms with Gasteiger partial charge in [0.05, 0.1) is 5.69 Å². The summed E-state index contributed by atoms with van der Waals surface area (Å²) in [7, 11) is 0. The lowest BCUT2D eigenvalue weighted by atomic mass is 10.1. The molecule has 32 heavy (non-hydrogen) atoms. The minimum Gasteiger partial charge on any atom is -0.479 e. The Morgan fingerprint density at radius 3 is 2.81 bits per heavy atom. The predicted molar refractivity (Wildman–Crippen MR) is 123 cm³/mol. The molecule has 0 saturated heterocycles. The number of ether oxygens (including phenoxy) is 1. The van der Waals surface area contributed by atoms with Crippen LogP contribution in [-0.4, -0.2) is 34.0 Å². The van der Waals surface area contributed by atoms with E-state index in [1.54, 1.807) is 11.8 Å². The standard InChI is InChI=1S/C25H26N4O3/c1-17-25(31)29(21-7-2-3-8-22(21)32-17)15-13-23(30)27-19-11-9-18(10-12-19)24-26-16-20-6-4-5-14-28(20)24/h2-3,7-12,16-17H,4-6,13-15H2,1H3,(H,27,30). The van der Waals surface area contributed by atoms with E-state index in [-0.39, 0.29) is 18.2 Å². The highest BCUT2D eigenvalue weighted by molar-refractivity contribution is 6.00. The molecule has 0 saturated carbocycles. The zero-order chi connectivity index (χ0) is 22.1. The monoisotopic (exact) mass is 430 g/mol. The largest absolute Gasteiger partial charge is 0.479 e. The van der Waals surface area contributed by atoms with Gasteiger partial charge in [0.2, 0.25) is 5.91 Å². The van der Waals surface area contributed by atoms with Crippen LogP contribution in [0.25, 0.3) is 11.4 Å². The molecule has 0 fully saturated rings. The van der Waals surface area contributed by atoms with Crippen molar-refractivity contribution in [2.45, 2.75) is 45.3 Å². The summed E-state index contributed by atoms with van der Waals surface area (Å²) < 4.78 is 7.94. The first kappa shape index (κ1) is 20.3. The maximum Gasteiger partial charge on any atom is 0.267 e. The Morgan fingerprint density at radius 2 is 1.97 bits per heavy atom. The van der Waals surface area contributed by atoms with E-state index >= 15 is 0 Å². The highest BCUT2D eigenvalue weighted by atomic mass is 16.5. The van der Waals surface area contributed by atoms with Gasteiger partial charge in [-0.1, -0.05) is 12.1 Å². The Labute approximate surface area is 187 Å². The SMILES string of the molecule is CC1Oc2ccccc2N(CCC(=O)Nc2ccc(-c3ncc4n3CCCC4)cc2)C1=O. The van der Waals surface area contributed by atoms with Crippen molar-refractivity contribution in [2.75, 3.05) is 16.8 Å². The summed E-state index contributed by atoms with van der Waals surface area (Å²) in [6.07, 6.45) is 5.08. The summed E-state index contributed by atoms with van der Waals surface area (Å²) >= 11 is 0. The number of hydrogen-bond donors (Lipinski definition) is 1. The Morgan fingerprint density at radius 1 is 1.16 bits per heavy atom. The highest BCUT2D eigenvalue weighted by Gasteiger charge is 2.31. The second-order valence-corrected chi connectivity index (χ2v) is 8.28. The summed E-state index contributed by atoms with van der Waals surface area (Å²) in [6, 6.07) is 15.2. The molecular weight excluding hydrogens is 404 g/mol. The van der Waals surface area contributed by atoms with Gasteiger partial charge in [-0.05, 0) is 62.6 Å². The number of rotatable bonds is 5. The summed E-state index contributed by atoms with van der Waals surface area (Å²) in [6.45, 7) is 3.03. The van der Waals surface area contributed by atoms with Crippen LogP contribution in [0, 0.1) is 0 Å². The highest BCUT2D eigenvalue weighted by Crippen LogP contribution is 2.33. The molecule has 1 aromatic heterocycles. The fourth-order valence-corrected chi connectivity index (χ4v) is 4.40. The molecule has 5 rings (SSSR count). The lowest BCUT2D eigenvalue weighted by Gasteiger charge is -2.32. The zero-order valence-electron chi connectivity index (χ0n) is 18.1. The normalized spacial score (nSPS) is 17.3. The molecule has 7 heteroatoms. The Bertz CT molecular complexity index is 1150. The minimum atomic E-state index is -0.561. The molecule has 0 bridgehead atoms. The number of hydrogen-bond acceptors (Lipinski definition) is 4. The quantitative estimate of drug-likeness (QED) is 0.663. The van der Waals surface area contributed by atoms with Gasteiger partial charge in [-0.25, -0.2) is 4.98 Å². The first-order chi connectivity index (χ1) is 15.6. The summed E-state index contributed by atoms with van der Waals surface area (Å²) in [5, 5.41) is 2.93. The van der Waals surface area contributed by atoms with Crippen LogP contribution >= 0.6 is 0 Å². The number of para-hydroxylation sites is 2. The fourth-order valence-electron chi connectivity index (χ4n) is 4.40. The molecule has 1 N–H and O–H groups in total. The summed E-state index contributed by atoms with van der Waals surface area (Å²) in [4.78, 5) is 31.4. The van der Waals surface area contributed by atoms with Crippen molar-refractivity contribution in [3.05, 3.63) is 60.4 Å². The number of benzene rings is 2. The lowest BCUT2D eigenvalue weighted by molar-refractivity contribution is -0.125. The molecule has 0 radical (unpaired) electrons. The van der Waals surface area contributed by atoms with Crippen LogP contribution in [0.4, 0.5) is 11.4 Å². The maximum absolute atomic E-state index is 12.6. The van der Waals surface area contributed by atoms with Gasteiger partial charge in [0.1, 0.15) is 11.6 Å². The van der Waals surface area contributed by atoms with Crippen LogP contribution in [0.3, 0.4) is 0 Å². The van der Waals surface area contributed by atoms with Crippen LogP contribution in [0.1, 0.15) is 31.9 Å². The number of amides is 2. The third-order valence-corrected chi connectivity index (χ3v) is 6.07. The van der Waals surface area contributed by atoms with E-state index in [2.05, 4.69) is 14.9 Å². The molecule has 3 aromatic rings.